The number of anilines is 1. The number of halogens is 1. The van der Waals surface area contributed by atoms with Crippen LogP contribution in [0.4, 0.5) is 5.69 Å². The molecule has 1 aliphatic rings. The summed E-state index contributed by atoms with van der Waals surface area (Å²) in [7, 11) is 1.65. The average Bonchev–Trinajstić information content (AvgIpc) is 3.15. The standard InChI is InChI=1S/C20H21ClN4O/c1-22-20(26)15-4-2-13(3-5-15)14-6-8-25(9-7-14)19-11-16(21)10-18-17(19)12-23-24-18/h2-5,10-12,14H,6-9H2,1H3,(H,22,26)(H,23,24). The maximum atomic E-state index is 11.7. The van der Waals surface area contributed by atoms with Crippen molar-refractivity contribution in [3.8, 4) is 0 Å². The Labute approximate surface area is 157 Å². The van der Waals surface area contributed by atoms with Crippen molar-refractivity contribution in [2.75, 3.05) is 25.0 Å². The monoisotopic (exact) mass is 368 g/mol. The zero-order valence-electron chi connectivity index (χ0n) is 14.6. The Morgan fingerprint density at radius 2 is 1.96 bits per heavy atom. The fourth-order valence-corrected chi connectivity index (χ4v) is 3.98. The van der Waals surface area contributed by atoms with E-state index < -0.39 is 0 Å². The van der Waals surface area contributed by atoms with Crippen LogP contribution in [0.15, 0.2) is 42.6 Å². The molecular weight excluding hydrogens is 348 g/mol. The quantitative estimate of drug-likeness (QED) is 0.735. The topological polar surface area (TPSA) is 61.0 Å². The van der Waals surface area contributed by atoms with Gasteiger partial charge >= 0.3 is 0 Å². The van der Waals surface area contributed by atoms with Crippen molar-refractivity contribution in [1.82, 2.24) is 15.5 Å². The SMILES string of the molecule is CNC(=O)c1ccc(C2CCN(c3cc(Cl)cc4[nH]ncc34)CC2)cc1. The normalized spacial score (nSPS) is 15.4. The Balaban J connectivity index is 1.48. The fourth-order valence-electron chi connectivity index (χ4n) is 3.76. The van der Waals surface area contributed by atoms with Crippen molar-refractivity contribution >= 4 is 34.1 Å². The lowest BCUT2D eigenvalue weighted by molar-refractivity contribution is 0.0963. The lowest BCUT2D eigenvalue weighted by Crippen LogP contribution is -2.33. The largest absolute Gasteiger partial charge is 0.371 e. The van der Waals surface area contributed by atoms with E-state index in [2.05, 4.69) is 32.5 Å². The molecule has 1 saturated heterocycles. The third-order valence-corrected chi connectivity index (χ3v) is 5.43. The maximum Gasteiger partial charge on any atom is 0.251 e. The lowest BCUT2D eigenvalue weighted by atomic mass is 9.88. The zero-order valence-corrected chi connectivity index (χ0v) is 15.4. The van der Waals surface area contributed by atoms with E-state index in [-0.39, 0.29) is 5.91 Å². The predicted molar refractivity (Wildman–Crippen MR) is 105 cm³/mol. The first-order valence-electron chi connectivity index (χ1n) is 8.85. The van der Waals surface area contributed by atoms with Crippen molar-refractivity contribution in [1.29, 1.82) is 0 Å². The number of nitrogens with one attached hydrogen (secondary N) is 2. The van der Waals surface area contributed by atoms with Crippen molar-refractivity contribution < 1.29 is 4.79 Å². The summed E-state index contributed by atoms with van der Waals surface area (Å²) in [5.74, 6) is 0.473. The number of aromatic nitrogens is 2. The van der Waals surface area contributed by atoms with E-state index >= 15 is 0 Å². The molecule has 1 aliphatic heterocycles. The van der Waals surface area contributed by atoms with E-state index in [1.807, 2.05) is 30.5 Å². The molecule has 2 N–H and O–H groups in total. The lowest BCUT2D eigenvalue weighted by Gasteiger charge is -2.34. The molecule has 6 heteroatoms. The van der Waals surface area contributed by atoms with Crippen LogP contribution in [0.25, 0.3) is 10.9 Å². The molecule has 4 rings (SSSR count). The first-order valence-corrected chi connectivity index (χ1v) is 9.23. The minimum Gasteiger partial charge on any atom is -0.371 e. The van der Waals surface area contributed by atoms with Gasteiger partial charge in [-0.25, -0.2) is 0 Å². The van der Waals surface area contributed by atoms with E-state index in [1.54, 1.807) is 7.05 Å². The minimum absolute atomic E-state index is 0.0449. The Hall–Kier alpha value is -2.53. The highest BCUT2D eigenvalue weighted by Gasteiger charge is 2.22. The highest BCUT2D eigenvalue weighted by atomic mass is 35.5. The van der Waals surface area contributed by atoms with E-state index in [0.29, 0.717) is 11.5 Å². The molecule has 0 radical (unpaired) electrons. The molecule has 26 heavy (non-hydrogen) atoms. The number of amides is 1. The van der Waals surface area contributed by atoms with Crippen LogP contribution >= 0.6 is 11.6 Å². The highest BCUT2D eigenvalue weighted by Crippen LogP contribution is 2.35. The summed E-state index contributed by atoms with van der Waals surface area (Å²) < 4.78 is 0. The molecule has 0 aliphatic carbocycles. The van der Waals surface area contributed by atoms with E-state index in [9.17, 15) is 4.79 Å². The van der Waals surface area contributed by atoms with E-state index in [1.165, 1.54) is 5.56 Å². The number of nitrogens with zero attached hydrogens (tertiary/aromatic N) is 2. The van der Waals surface area contributed by atoms with Crippen LogP contribution < -0.4 is 10.2 Å². The summed E-state index contributed by atoms with van der Waals surface area (Å²) >= 11 is 6.27. The van der Waals surface area contributed by atoms with Gasteiger partial charge in [-0.2, -0.15) is 5.10 Å². The Morgan fingerprint density at radius 3 is 2.65 bits per heavy atom. The number of benzene rings is 2. The number of hydrogen-bond acceptors (Lipinski definition) is 3. The summed E-state index contributed by atoms with van der Waals surface area (Å²) in [6, 6.07) is 11.9. The van der Waals surface area contributed by atoms with Gasteiger partial charge in [-0.3, -0.25) is 9.89 Å². The Bertz CT molecular complexity index is 927. The van der Waals surface area contributed by atoms with Crippen molar-refractivity contribution in [2.24, 2.45) is 0 Å². The number of rotatable bonds is 3. The van der Waals surface area contributed by atoms with Gasteiger partial charge in [-0.1, -0.05) is 23.7 Å². The smallest absolute Gasteiger partial charge is 0.251 e. The predicted octanol–water partition coefficient (Wildman–Crippen LogP) is 3.96. The van der Waals surface area contributed by atoms with Gasteiger partial charge in [0.05, 0.1) is 11.7 Å². The maximum absolute atomic E-state index is 11.7. The van der Waals surface area contributed by atoms with Crippen LogP contribution in [0.2, 0.25) is 5.02 Å². The van der Waals surface area contributed by atoms with E-state index in [0.717, 1.165) is 47.5 Å². The highest BCUT2D eigenvalue weighted by molar-refractivity contribution is 6.31. The number of fused-ring (bicyclic) bond motifs is 1. The van der Waals surface area contributed by atoms with Gasteiger partial charge < -0.3 is 10.2 Å². The van der Waals surface area contributed by atoms with Crippen molar-refractivity contribution in [3.05, 3.63) is 58.7 Å². The zero-order chi connectivity index (χ0) is 18.1. The van der Waals surface area contributed by atoms with Crippen LogP contribution in [0.3, 0.4) is 0 Å². The second kappa shape index (κ2) is 7.00. The molecular formula is C20H21ClN4O. The van der Waals surface area contributed by atoms with Crippen molar-refractivity contribution in [3.63, 3.8) is 0 Å². The average molecular weight is 369 g/mol. The molecule has 134 valence electrons. The van der Waals surface area contributed by atoms with Gasteiger partial charge in [0.1, 0.15) is 0 Å². The second-order valence-corrected chi connectivity index (χ2v) is 7.16. The van der Waals surface area contributed by atoms with Gasteiger partial charge in [-0.05, 0) is 48.6 Å². The number of hydrogen-bond donors (Lipinski definition) is 2. The molecule has 3 aromatic rings. The molecule has 0 bridgehead atoms. The third kappa shape index (κ3) is 3.15. The summed E-state index contributed by atoms with van der Waals surface area (Å²) in [4.78, 5) is 14.1. The van der Waals surface area contributed by atoms with Crippen LogP contribution in [0.5, 0.6) is 0 Å². The molecule has 5 nitrogen and oxygen atoms in total. The molecule has 1 aromatic heterocycles. The fraction of sp³-hybridized carbons (Fsp3) is 0.300. The number of carbonyl (C=O) groups is 1. The van der Waals surface area contributed by atoms with E-state index in [4.69, 9.17) is 11.6 Å². The van der Waals surface area contributed by atoms with Gasteiger partial charge in [0.2, 0.25) is 0 Å². The molecule has 0 unspecified atom stereocenters. The van der Waals surface area contributed by atoms with Crippen LogP contribution in [0.1, 0.15) is 34.7 Å². The summed E-state index contributed by atoms with van der Waals surface area (Å²) in [5.41, 5.74) is 4.13. The Kier molecular flexibility index (Phi) is 4.55. The summed E-state index contributed by atoms with van der Waals surface area (Å²) in [5, 5.41) is 11.6. The molecule has 2 aromatic carbocycles. The molecule has 0 atom stereocenters. The van der Waals surface area contributed by atoms with Gasteiger partial charge in [0.25, 0.3) is 5.91 Å². The minimum atomic E-state index is -0.0449. The molecule has 0 spiro atoms. The Morgan fingerprint density at radius 1 is 1.23 bits per heavy atom. The van der Waals surface area contributed by atoms with Gasteiger partial charge in [-0.15, -0.1) is 0 Å². The van der Waals surface area contributed by atoms with Crippen LogP contribution in [-0.2, 0) is 0 Å². The molecule has 1 amide bonds. The van der Waals surface area contributed by atoms with Crippen LogP contribution in [-0.4, -0.2) is 36.2 Å². The van der Waals surface area contributed by atoms with Gasteiger partial charge in [0, 0.05) is 41.8 Å². The van der Waals surface area contributed by atoms with Crippen molar-refractivity contribution in [2.45, 2.75) is 18.8 Å². The number of carbonyl (C=O) groups excluding carboxylic acids is 1. The molecule has 0 saturated carbocycles. The number of piperidine rings is 1. The number of H-pyrrole nitrogens is 1. The molecule has 2 heterocycles. The first kappa shape index (κ1) is 16.9. The van der Waals surface area contributed by atoms with Crippen LogP contribution in [0, 0.1) is 0 Å². The summed E-state index contributed by atoms with van der Waals surface area (Å²) in [6.45, 7) is 1.95. The summed E-state index contributed by atoms with van der Waals surface area (Å²) in [6.07, 6.45) is 4.01. The number of aromatic amines is 1. The second-order valence-electron chi connectivity index (χ2n) is 6.72. The third-order valence-electron chi connectivity index (χ3n) is 5.21. The van der Waals surface area contributed by atoms with Gasteiger partial charge in [0.15, 0.2) is 0 Å². The molecule has 1 fully saturated rings. The first-order chi connectivity index (χ1) is 12.7.